The van der Waals surface area contributed by atoms with E-state index in [9.17, 15) is 4.39 Å². The molecule has 0 amide bonds. The minimum absolute atomic E-state index is 0.179. The third kappa shape index (κ3) is 2.87. The molecule has 0 fully saturated rings. The van der Waals surface area contributed by atoms with E-state index in [0.717, 1.165) is 0 Å². The van der Waals surface area contributed by atoms with Crippen LogP contribution in [0.25, 0.3) is 0 Å². The maximum absolute atomic E-state index is 13.5. The van der Waals surface area contributed by atoms with Crippen LogP contribution in [-0.2, 0) is 11.3 Å². The van der Waals surface area contributed by atoms with Gasteiger partial charge in [0, 0.05) is 5.75 Å². The molecule has 0 saturated heterocycles. The molecule has 0 radical (unpaired) electrons. The highest BCUT2D eigenvalue weighted by Crippen LogP contribution is 2.25. The van der Waals surface area contributed by atoms with Crippen LogP contribution in [0.5, 0.6) is 0 Å². The fourth-order valence-electron chi connectivity index (χ4n) is 1.45. The first-order valence-electron chi connectivity index (χ1n) is 5.63. The van der Waals surface area contributed by atoms with Crippen molar-refractivity contribution >= 4 is 11.8 Å². The van der Waals surface area contributed by atoms with Crippen LogP contribution < -0.4 is 0 Å². The standard InChI is InChI=1S/C12H15FN4S/c1-12(2,3)17-11(14-15-16-17)18-8-9-6-4-5-7-10(9)13/h4-7H,8H2,1-3H3. The molecule has 2 rings (SSSR count). The van der Waals surface area contributed by atoms with Crippen LogP contribution in [0.4, 0.5) is 4.39 Å². The molecule has 0 spiro atoms. The number of aromatic nitrogens is 4. The third-order valence-electron chi connectivity index (χ3n) is 2.39. The van der Waals surface area contributed by atoms with Gasteiger partial charge in [-0.15, -0.1) is 5.10 Å². The number of tetrazole rings is 1. The molecule has 0 aliphatic carbocycles. The molecule has 0 aliphatic heterocycles. The van der Waals surface area contributed by atoms with Crippen molar-refractivity contribution in [1.82, 2.24) is 20.2 Å². The van der Waals surface area contributed by atoms with Gasteiger partial charge >= 0.3 is 0 Å². The van der Waals surface area contributed by atoms with E-state index in [1.807, 2.05) is 26.8 Å². The van der Waals surface area contributed by atoms with Crippen molar-refractivity contribution in [1.29, 1.82) is 0 Å². The predicted octanol–water partition coefficient (Wildman–Crippen LogP) is 2.86. The zero-order valence-corrected chi connectivity index (χ0v) is 11.4. The second kappa shape index (κ2) is 5.06. The van der Waals surface area contributed by atoms with Gasteiger partial charge in [-0.05, 0) is 42.8 Å². The minimum Gasteiger partial charge on any atom is -0.215 e. The maximum Gasteiger partial charge on any atom is 0.210 e. The average molecular weight is 266 g/mol. The Balaban J connectivity index is 2.12. The molecule has 6 heteroatoms. The monoisotopic (exact) mass is 266 g/mol. The highest BCUT2D eigenvalue weighted by molar-refractivity contribution is 7.98. The van der Waals surface area contributed by atoms with E-state index in [0.29, 0.717) is 16.5 Å². The molecule has 0 N–H and O–H groups in total. The zero-order chi connectivity index (χ0) is 13.2. The summed E-state index contributed by atoms with van der Waals surface area (Å²) in [5.41, 5.74) is 0.479. The largest absolute Gasteiger partial charge is 0.215 e. The lowest BCUT2D eigenvalue weighted by Crippen LogP contribution is -2.24. The van der Waals surface area contributed by atoms with Gasteiger partial charge in [0.25, 0.3) is 0 Å². The van der Waals surface area contributed by atoms with Gasteiger partial charge in [-0.3, -0.25) is 0 Å². The summed E-state index contributed by atoms with van der Waals surface area (Å²) >= 11 is 1.43. The molecule has 0 unspecified atom stereocenters. The second-order valence-corrected chi connectivity index (χ2v) is 5.87. The summed E-state index contributed by atoms with van der Waals surface area (Å²) in [5.74, 6) is 0.322. The fourth-order valence-corrected chi connectivity index (χ4v) is 2.49. The van der Waals surface area contributed by atoms with E-state index in [-0.39, 0.29) is 11.4 Å². The van der Waals surface area contributed by atoms with E-state index < -0.39 is 0 Å². The fraction of sp³-hybridized carbons (Fsp3) is 0.417. The Labute approximate surface area is 110 Å². The van der Waals surface area contributed by atoms with Crippen molar-refractivity contribution in [2.24, 2.45) is 0 Å². The van der Waals surface area contributed by atoms with E-state index in [1.54, 1.807) is 16.8 Å². The number of hydrogen-bond donors (Lipinski definition) is 0. The van der Waals surface area contributed by atoms with Crippen molar-refractivity contribution in [2.75, 3.05) is 0 Å². The summed E-state index contributed by atoms with van der Waals surface area (Å²) in [4.78, 5) is 0. The Morgan fingerprint density at radius 3 is 2.67 bits per heavy atom. The van der Waals surface area contributed by atoms with Gasteiger partial charge < -0.3 is 0 Å². The first kappa shape index (κ1) is 13.0. The minimum atomic E-state index is -0.195. The van der Waals surface area contributed by atoms with E-state index >= 15 is 0 Å². The third-order valence-corrected chi connectivity index (χ3v) is 3.36. The summed E-state index contributed by atoms with van der Waals surface area (Å²) in [6.45, 7) is 6.07. The van der Waals surface area contributed by atoms with E-state index in [4.69, 9.17) is 0 Å². The van der Waals surface area contributed by atoms with Gasteiger partial charge in [0.05, 0.1) is 5.54 Å². The second-order valence-electron chi connectivity index (χ2n) is 4.92. The van der Waals surface area contributed by atoms with Crippen LogP contribution in [0, 0.1) is 5.82 Å². The van der Waals surface area contributed by atoms with Crippen LogP contribution in [-0.4, -0.2) is 20.2 Å². The molecule has 0 saturated carbocycles. The topological polar surface area (TPSA) is 43.6 Å². The molecule has 18 heavy (non-hydrogen) atoms. The van der Waals surface area contributed by atoms with Crippen molar-refractivity contribution in [2.45, 2.75) is 37.2 Å². The summed E-state index contributed by atoms with van der Waals surface area (Å²) in [7, 11) is 0. The molecule has 1 aromatic carbocycles. The Kier molecular flexibility index (Phi) is 3.65. The van der Waals surface area contributed by atoms with E-state index in [2.05, 4.69) is 15.5 Å². The van der Waals surface area contributed by atoms with Gasteiger partial charge in [-0.1, -0.05) is 30.0 Å². The van der Waals surface area contributed by atoms with Gasteiger partial charge in [0.1, 0.15) is 5.82 Å². The van der Waals surface area contributed by atoms with Gasteiger partial charge in [-0.2, -0.15) is 0 Å². The number of hydrogen-bond acceptors (Lipinski definition) is 4. The molecule has 1 heterocycles. The number of thioether (sulfide) groups is 1. The van der Waals surface area contributed by atoms with Crippen molar-refractivity contribution < 1.29 is 4.39 Å². The molecule has 2 aromatic rings. The van der Waals surface area contributed by atoms with Crippen LogP contribution in [0.2, 0.25) is 0 Å². The van der Waals surface area contributed by atoms with Crippen LogP contribution in [0.3, 0.4) is 0 Å². The smallest absolute Gasteiger partial charge is 0.210 e. The van der Waals surface area contributed by atoms with Crippen molar-refractivity contribution in [3.05, 3.63) is 35.6 Å². The van der Waals surface area contributed by atoms with Crippen LogP contribution in [0.1, 0.15) is 26.3 Å². The first-order chi connectivity index (χ1) is 8.48. The van der Waals surface area contributed by atoms with Gasteiger partial charge in [0.2, 0.25) is 5.16 Å². The highest BCUT2D eigenvalue weighted by atomic mass is 32.2. The SMILES string of the molecule is CC(C)(C)n1nnnc1SCc1ccccc1F. The predicted molar refractivity (Wildman–Crippen MR) is 68.8 cm³/mol. The molecule has 0 atom stereocenters. The molecule has 96 valence electrons. The number of halogens is 1. The summed E-state index contributed by atoms with van der Waals surface area (Å²) in [6, 6.07) is 6.74. The Morgan fingerprint density at radius 2 is 2.00 bits per heavy atom. The van der Waals surface area contributed by atoms with Gasteiger partial charge in [-0.25, -0.2) is 9.07 Å². The van der Waals surface area contributed by atoms with Crippen LogP contribution in [0.15, 0.2) is 29.4 Å². The Morgan fingerprint density at radius 1 is 1.28 bits per heavy atom. The molecule has 0 aliphatic rings. The van der Waals surface area contributed by atoms with Gasteiger partial charge in [0.15, 0.2) is 0 Å². The Hall–Kier alpha value is -1.43. The summed E-state index contributed by atoms with van der Waals surface area (Å²) < 4.78 is 15.2. The van der Waals surface area contributed by atoms with Crippen molar-refractivity contribution in [3.8, 4) is 0 Å². The number of nitrogens with zero attached hydrogens (tertiary/aromatic N) is 4. The zero-order valence-electron chi connectivity index (χ0n) is 10.6. The maximum atomic E-state index is 13.5. The van der Waals surface area contributed by atoms with Crippen LogP contribution >= 0.6 is 11.8 Å². The molecule has 4 nitrogen and oxygen atoms in total. The number of benzene rings is 1. The number of rotatable bonds is 3. The normalized spacial score (nSPS) is 11.8. The molecular formula is C12H15FN4S. The first-order valence-corrected chi connectivity index (χ1v) is 6.62. The quantitative estimate of drug-likeness (QED) is 0.801. The molecule has 0 bridgehead atoms. The summed E-state index contributed by atoms with van der Waals surface area (Å²) in [6.07, 6.45) is 0. The lowest BCUT2D eigenvalue weighted by molar-refractivity contribution is 0.321. The highest BCUT2D eigenvalue weighted by Gasteiger charge is 2.20. The van der Waals surface area contributed by atoms with E-state index in [1.165, 1.54) is 17.8 Å². The Bertz CT molecular complexity index is 533. The lowest BCUT2D eigenvalue weighted by atomic mass is 10.1. The summed E-state index contributed by atoms with van der Waals surface area (Å²) in [5, 5.41) is 12.3. The average Bonchev–Trinajstić information content (AvgIpc) is 2.76. The molecular weight excluding hydrogens is 251 g/mol. The lowest BCUT2D eigenvalue weighted by Gasteiger charge is -2.19. The molecule has 1 aromatic heterocycles. The van der Waals surface area contributed by atoms with Crippen molar-refractivity contribution in [3.63, 3.8) is 0 Å².